The minimum absolute atomic E-state index is 0.0474. The normalized spacial score (nSPS) is 37.5. The molecular weight excluding hydrogens is 214 g/mol. The first kappa shape index (κ1) is 11.4. The smallest absolute Gasteiger partial charge is 0.216 e. The van der Waals surface area contributed by atoms with Crippen molar-refractivity contribution in [1.82, 2.24) is 4.31 Å². The van der Waals surface area contributed by atoms with Crippen LogP contribution in [0.1, 0.15) is 39.5 Å². The largest absolute Gasteiger partial charge is 0.393 e. The molecule has 88 valence electrons. The average molecular weight is 233 g/mol. The third-order valence-corrected chi connectivity index (χ3v) is 5.91. The van der Waals surface area contributed by atoms with Crippen LogP contribution in [0.5, 0.6) is 0 Å². The third-order valence-electron chi connectivity index (χ3n) is 3.53. The van der Waals surface area contributed by atoms with E-state index in [-0.39, 0.29) is 23.4 Å². The minimum Gasteiger partial charge on any atom is -0.393 e. The fraction of sp³-hybridized carbons (Fsp3) is 1.00. The molecule has 0 aromatic carbocycles. The van der Waals surface area contributed by atoms with E-state index in [1.54, 1.807) is 18.2 Å². The number of hydrogen-bond acceptors (Lipinski definition) is 3. The topological polar surface area (TPSA) is 57.6 Å². The van der Waals surface area contributed by atoms with Crippen molar-refractivity contribution >= 4 is 10.0 Å². The van der Waals surface area contributed by atoms with Crippen LogP contribution in [-0.2, 0) is 10.0 Å². The van der Waals surface area contributed by atoms with E-state index in [1.165, 1.54) is 0 Å². The van der Waals surface area contributed by atoms with Crippen molar-refractivity contribution < 1.29 is 13.5 Å². The van der Waals surface area contributed by atoms with Crippen LogP contribution in [0.3, 0.4) is 0 Å². The number of aliphatic hydroxyl groups excluding tert-OH is 1. The highest BCUT2D eigenvalue weighted by Crippen LogP contribution is 2.38. The monoisotopic (exact) mass is 233 g/mol. The van der Waals surface area contributed by atoms with Crippen LogP contribution in [0.15, 0.2) is 0 Å². The second-order valence-corrected chi connectivity index (χ2v) is 7.33. The van der Waals surface area contributed by atoms with Crippen LogP contribution < -0.4 is 0 Å². The fourth-order valence-corrected chi connectivity index (χ4v) is 4.47. The molecule has 0 saturated carbocycles. The molecular formula is C10H19NO3S. The fourth-order valence-electron chi connectivity index (χ4n) is 2.76. The van der Waals surface area contributed by atoms with E-state index in [4.69, 9.17) is 0 Å². The van der Waals surface area contributed by atoms with E-state index in [0.29, 0.717) is 12.8 Å². The van der Waals surface area contributed by atoms with Gasteiger partial charge in [-0.05, 0) is 39.5 Å². The molecule has 0 aromatic heterocycles. The molecule has 0 radical (unpaired) electrons. The van der Waals surface area contributed by atoms with Gasteiger partial charge in [-0.25, -0.2) is 8.42 Å². The van der Waals surface area contributed by atoms with Crippen LogP contribution in [0.25, 0.3) is 0 Å². The Bertz CT molecular complexity index is 325. The molecule has 2 aliphatic heterocycles. The number of fused-ring (bicyclic) bond motifs is 2. The molecule has 2 saturated heterocycles. The van der Waals surface area contributed by atoms with Gasteiger partial charge in [0.05, 0.1) is 11.4 Å². The van der Waals surface area contributed by atoms with Crippen molar-refractivity contribution in [3.05, 3.63) is 0 Å². The first-order valence-electron chi connectivity index (χ1n) is 5.63. The standard InChI is InChI=1S/C10H19NO3S/c1-7(2)15(13,14)11-8-3-4-9(11)6-10(12)5-8/h7-10,12H,3-6H2,1-2H3/t8-,9+,10+. The molecule has 0 unspecified atom stereocenters. The van der Waals surface area contributed by atoms with Gasteiger partial charge in [0.15, 0.2) is 0 Å². The molecule has 0 amide bonds. The van der Waals surface area contributed by atoms with Crippen LogP contribution >= 0.6 is 0 Å². The van der Waals surface area contributed by atoms with Gasteiger partial charge in [0.1, 0.15) is 0 Å². The van der Waals surface area contributed by atoms with Gasteiger partial charge in [-0.3, -0.25) is 0 Å². The van der Waals surface area contributed by atoms with Crippen molar-refractivity contribution in [2.45, 2.75) is 63.0 Å². The van der Waals surface area contributed by atoms with Crippen LogP contribution in [-0.4, -0.2) is 41.3 Å². The molecule has 2 bridgehead atoms. The lowest BCUT2D eigenvalue weighted by atomic mass is 10.0. The predicted octanol–water partition coefficient (Wildman–Crippen LogP) is 0.712. The summed E-state index contributed by atoms with van der Waals surface area (Å²) in [5.74, 6) is 0. The summed E-state index contributed by atoms with van der Waals surface area (Å²) >= 11 is 0. The molecule has 5 heteroatoms. The highest BCUT2D eigenvalue weighted by Gasteiger charge is 2.46. The Balaban J connectivity index is 2.26. The van der Waals surface area contributed by atoms with Gasteiger partial charge in [-0.2, -0.15) is 4.31 Å². The zero-order valence-electron chi connectivity index (χ0n) is 9.26. The lowest BCUT2D eigenvalue weighted by molar-refractivity contribution is 0.0765. The molecule has 2 fully saturated rings. The zero-order chi connectivity index (χ0) is 11.2. The Hall–Kier alpha value is -0.130. The van der Waals surface area contributed by atoms with Gasteiger partial charge in [0, 0.05) is 12.1 Å². The van der Waals surface area contributed by atoms with Gasteiger partial charge in [0.2, 0.25) is 10.0 Å². The van der Waals surface area contributed by atoms with Crippen molar-refractivity contribution in [1.29, 1.82) is 0 Å². The van der Waals surface area contributed by atoms with E-state index < -0.39 is 10.0 Å². The van der Waals surface area contributed by atoms with Gasteiger partial charge >= 0.3 is 0 Å². The molecule has 2 heterocycles. The zero-order valence-corrected chi connectivity index (χ0v) is 10.1. The molecule has 0 spiro atoms. The molecule has 1 N–H and O–H groups in total. The number of aliphatic hydroxyl groups is 1. The lowest BCUT2D eigenvalue weighted by Gasteiger charge is -2.37. The van der Waals surface area contributed by atoms with E-state index >= 15 is 0 Å². The third kappa shape index (κ3) is 1.81. The quantitative estimate of drug-likeness (QED) is 0.764. The maximum absolute atomic E-state index is 12.1. The summed E-state index contributed by atoms with van der Waals surface area (Å²) in [6, 6.07) is 0.0947. The van der Waals surface area contributed by atoms with Crippen molar-refractivity contribution in [2.24, 2.45) is 0 Å². The van der Waals surface area contributed by atoms with Crippen LogP contribution in [0.4, 0.5) is 0 Å². The highest BCUT2D eigenvalue weighted by atomic mass is 32.2. The van der Waals surface area contributed by atoms with E-state index in [2.05, 4.69) is 0 Å². The summed E-state index contributed by atoms with van der Waals surface area (Å²) in [6.07, 6.45) is 2.74. The summed E-state index contributed by atoms with van der Waals surface area (Å²) in [5.41, 5.74) is 0. The Morgan fingerprint density at radius 2 is 1.67 bits per heavy atom. The van der Waals surface area contributed by atoms with E-state index in [1.807, 2.05) is 0 Å². The molecule has 2 aliphatic rings. The number of rotatable bonds is 2. The maximum atomic E-state index is 12.1. The first-order valence-corrected chi connectivity index (χ1v) is 7.13. The Kier molecular flexibility index (Phi) is 2.81. The van der Waals surface area contributed by atoms with E-state index in [0.717, 1.165) is 12.8 Å². The molecule has 4 nitrogen and oxygen atoms in total. The number of nitrogens with zero attached hydrogens (tertiary/aromatic N) is 1. The molecule has 3 atom stereocenters. The second-order valence-electron chi connectivity index (χ2n) is 4.93. The number of hydrogen-bond donors (Lipinski definition) is 1. The van der Waals surface area contributed by atoms with Crippen molar-refractivity contribution in [2.75, 3.05) is 0 Å². The molecule has 0 aromatic rings. The molecule has 0 aliphatic carbocycles. The number of sulfonamides is 1. The summed E-state index contributed by atoms with van der Waals surface area (Å²) in [5, 5.41) is 9.24. The average Bonchev–Trinajstić information content (AvgIpc) is 2.39. The first-order chi connectivity index (χ1) is 6.93. The SMILES string of the molecule is CC(C)S(=O)(=O)N1[C@@H]2CC[C@H]1C[C@@H](O)C2. The summed E-state index contributed by atoms with van der Waals surface area (Å²) in [7, 11) is -3.14. The second kappa shape index (κ2) is 3.71. The Morgan fingerprint density at radius 3 is 2.07 bits per heavy atom. The van der Waals surface area contributed by atoms with Crippen LogP contribution in [0, 0.1) is 0 Å². The van der Waals surface area contributed by atoms with Gasteiger partial charge < -0.3 is 5.11 Å². The summed E-state index contributed by atoms with van der Waals surface area (Å²) in [4.78, 5) is 0. The Morgan fingerprint density at radius 1 is 1.20 bits per heavy atom. The highest BCUT2D eigenvalue weighted by molar-refractivity contribution is 7.89. The summed E-state index contributed by atoms with van der Waals surface area (Å²) < 4.78 is 25.9. The number of piperidine rings is 1. The predicted molar refractivity (Wildman–Crippen MR) is 57.9 cm³/mol. The van der Waals surface area contributed by atoms with Crippen molar-refractivity contribution in [3.63, 3.8) is 0 Å². The van der Waals surface area contributed by atoms with Crippen LogP contribution in [0.2, 0.25) is 0 Å². The molecule has 2 rings (SSSR count). The maximum Gasteiger partial charge on any atom is 0.216 e. The van der Waals surface area contributed by atoms with E-state index in [9.17, 15) is 13.5 Å². The van der Waals surface area contributed by atoms with Gasteiger partial charge in [-0.15, -0.1) is 0 Å². The van der Waals surface area contributed by atoms with Crippen molar-refractivity contribution in [3.8, 4) is 0 Å². The minimum atomic E-state index is -3.14. The van der Waals surface area contributed by atoms with Gasteiger partial charge in [-0.1, -0.05) is 0 Å². The van der Waals surface area contributed by atoms with Gasteiger partial charge in [0.25, 0.3) is 0 Å². The molecule has 15 heavy (non-hydrogen) atoms. The summed E-state index contributed by atoms with van der Waals surface area (Å²) in [6.45, 7) is 3.44. The Labute approximate surface area is 91.3 Å². The lowest BCUT2D eigenvalue weighted by Crippen LogP contribution is -2.50.